The van der Waals surface area contributed by atoms with Gasteiger partial charge in [-0.05, 0) is 38.1 Å². The van der Waals surface area contributed by atoms with E-state index >= 15 is 0 Å². The van der Waals surface area contributed by atoms with Crippen molar-refractivity contribution < 1.29 is 14.3 Å². The number of amides is 1. The first-order valence-corrected chi connectivity index (χ1v) is 6.78. The maximum absolute atomic E-state index is 12.1. The Balaban J connectivity index is 2.08. The quantitative estimate of drug-likeness (QED) is 0.875. The lowest BCUT2D eigenvalue weighted by molar-refractivity contribution is -0.119. The van der Waals surface area contributed by atoms with E-state index < -0.39 is 5.97 Å². The van der Waals surface area contributed by atoms with Crippen LogP contribution in [-0.2, 0) is 9.53 Å². The Morgan fingerprint density at radius 3 is 2.76 bits per heavy atom. The van der Waals surface area contributed by atoms with Crippen molar-refractivity contribution in [1.82, 2.24) is 10.3 Å². The number of aryl methyl sites for hydroxylation is 1. The molecule has 1 atom stereocenters. The Hall–Kier alpha value is -2.43. The topological polar surface area (TPSA) is 68.3 Å². The van der Waals surface area contributed by atoms with Crippen LogP contribution >= 0.6 is 0 Å². The molecule has 0 unspecified atom stereocenters. The van der Waals surface area contributed by atoms with Crippen LogP contribution in [0.5, 0.6) is 0 Å². The molecular weight excluding hydrogens is 268 g/mol. The molecule has 2 aromatic rings. The molecule has 0 bridgehead atoms. The van der Waals surface area contributed by atoms with Gasteiger partial charge in [-0.2, -0.15) is 0 Å². The first-order valence-electron chi connectivity index (χ1n) is 6.78. The van der Waals surface area contributed by atoms with Gasteiger partial charge >= 0.3 is 5.97 Å². The number of carbonyl (C=O) groups is 2. The van der Waals surface area contributed by atoms with E-state index in [1.54, 1.807) is 25.1 Å². The molecule has 1 amide bonds. The molecular formula is C16H18N2O3. The lowest BCUT2D eigenvalue weighted by Gasteiger charge is -2.13. The number of ether oxygens (including phenoxy) is 1. The molecule has 2 rings (SSSR count). The van der Waals surface area contributed by atoms with Gasteiger partial charge < -0.3 is 10.1 Å². The van der Waals surface area contributed by atoms with Crippen molar-refractivity contribution in [3.8, 4) is 0 Å². The van der Waals surface area contributed by atoms with E-state index in [9.17, 15) is 9.59 Å². The van der Waals surface area contributed by atoms with Gasteiger partial charge in [-0.25, -0.2) is 4.79 Å². The maximum Gasteiger partial charge on any atom is 0.338 e. The highest BCUT2D eigenvalue weighted by molar-refractivity contribution is 5.94. The van der Waals surface area contributed by atoms with E-state index in [2.05, 4.69) is 10.3 Å². The van der Waals surface area contributed by atoms with Crippen molar-refractivity contribution in [2.75, 3.05) is 6.54 Å². The number of hydrogen-bond donors (Lipinski definition) is 1. The van der Waals surface area contributed by atoms with Crippen molar-refractivity contribution in [1.29, 1.82) is 0 Å². The van der Waals surface area contributed by atoms with Gasteiger partial charge in [-0.1, -0.05) is 6.07 Å². The summed E-state index contributed by atoms with van der Waals surface area (Å²) < 4.78 is 5.29. The zero-order valence-electron chi connectivity index (χ0n) is 12.3. The van der Waals surface area contributed by atoms with E-state index in [1.165, 1.54) is 6.92 Å². The first-order chi connectivity index (χ1) is 9.95. The van der Waals surface area contributed by atoms with E-state index in [-0.39, 0.29) is 12.0 Å². The van der Waals surface area contributed by atoms with E-state index in [4.69, 9.17) is 4.74 Å². The molecule has 1 aromatic heterocycles. The Labute approximate surface area is 123 Å². The average Bonchev–Trinajstić information content (AvgIpc) is 2.44. The molecule has 1 N–H and O–H groups in total. The highest BCUT2D eigenvalue weighted by atomic mass is 16.5. The summed E-state index contributed by atoms with van der Waals surface area (Å²) in [6.07, 6.45) is -0.381. The lowest BCUT2D eigenvalue weighted by Crippen LogP contribution is -2.31. The summed E-state index contributed by atoms with van der Waals surface area (Å²) in [5, 5.41) is 3.50. The standard InChI is InChI=1S/C16H18N2O3/c1-10-4-5-13-8-14(6-7-15(13)18-10)16(20)21-11(2)9-17-12(3)19/h4-8,11H,9H2,1-3H3,(H,17,19)/t11-/m0/s1. The minimum Gasteiger partial charge on any atom is -0.457 e. The molecule has 0 spiro atoms. The van der Waals surface area contributed by atoms with E-state index in [1.807, 2.05) is 19.1 Å². The Morgan fingerprint density at radius 2 is 2.05 bits per heavy atom. The van der Waals surface area contributed by atoms with Crippen LogP contribution in [0.15, 0.2) is 30.3 Å². The number of aromatic nitrogens is 1. The van der Waals surface area contributed by atoms with E-state index in [0.29, 0.717) is 12.1 Å². The third kappa shape index (κ3) is 4.02. The van der Waals surface area contributed by atoms with Crippen molar-refractivity contribution in [2.45, 2.75) is 26.9 Å². The van der Waals surface area contributed by atoms with Crippen LogP contribution in [0.2, 0.25) is 0 Å². The molecule has 0 aliphatic rings. The van der Waals surface area contributed by atoms with Crippen LogP contribution in [0.1, 0.15) is 29.9 Å². The highest BCUT2D eigenvalue weighted by Gasteiger charge is 2.13. The second kappa shape index (κ2) is 6.35. The van der Waals surface area contributed by atoms with Crippen molar-refractivity contribution in [2.24, 2.45) is 0 Å². The zero-order valence-corrected chi connectivity index (χ0v) is 12.3. The fraction of sp³-hybridized carbons (Fsp3) is 0.312. The number of carbonyl (C=O) groups excluding carboxylic acids is 2. The summed E-state index contributed by atoms with van der Waals surface area (Å²) in [5.41, 5.74) is 2.25. The second-order valence-electron chi connectivity index (χ2n) is 5.01. The summed E-state index contributed by atoms with van der Waals surface area (Å²) >= 11 is 0. The van der Waals surface area contributed by atoms with Crippen molar-refractivity contribution >= 4 is 22.8 Å². The van der Waals surface area contributed by atoms with Gasteiger partial charge in [-0.3, -0.25) is 9.78 Å². The second-order valence-corrected chi connectivity index (χ2v) is 5.01. The third-order valence-electron chi connectivity index (χ3n) is 3.01. The van der Waals surface area contributed by atoms with Crippen LogP contribution in [0.25, 0.3) is 10.9 Å². The van der Waals surface area contributed by atoms with Crippen LogP contribution in [0, 0.1) is 6.92 Å². The average molecular weight is 286 g/mol. The molecule has 0 saturated carbocycles. The predicted octanol–water partition coefficient (Wildman–Crippen LogP) is 2.22. The summed E-state index contributed by atoms with van der Waals surface area (Å²) in [5.74, 6) is -0.555. The maximum atomic E-state index is 12.1. The number of pyridine rings is 1. The van der Waals surface area contributed by atoms with Crippen LogP contribution in [0.3, 0.4) is 0 Å². The third-order valence-corrected chi connectivity index (χ3v) is 3.01. The number of hydrogen-bond acceptors (Lipinski definition) is 4. The van der Waals surface area contributed by atoms with Gasteiger partial charge in [0.05, 0.1) is 17.6 Å². The van der Waals surface area contributed by atoms with Crippen LogP contribution in [-0.4, -0.2) is 29.5 Å². The van der Waals surface area contributed by atoms with Gasteiger partial charge in [0.1, 0.15) is 6.10 Å². The minimum absolute atomic E-state index is 0.148. The Bertz CT molecular complexity index is 682. The fourth-order valence-corrected chi connectivity index (χ4v) is 1.93. The van der Waals surface area contributed by atoms with Gasteiger partial charge in [0.15, 0.2) is 0 Å². The number of nitrogens with one attached hydrogen (secondary N) is 1. The van der Waals surface area contributed by atoms with Gasteiger partial charge in [-0.15, -0.1) is 0 Å². The van der Waals surface area contributed by atoms with Gasteiger partial charge in [0.25, 0.3) is 0 Å². The molecule has 110 valence electrons. The Morgan fingerprint density at radius 1 is 1.29 bits per heavy atom. The number of esters is 1. The smallest absolute Gasteiger partial charge is 0.338 e. The number of nitrogens with zero attached hydrogens (tertiary/aromatic N) is 1. The van der Waals surface area contributed by atoms with Crippen LogP contribution < -0.4 is 5.32 Å². The molecule has 1 aromatic carbocycles. The summed E-state index contributed by atoms with van der Waals surface area (Å²) in [6, 6.07) is 9.08. The number of fused-ring (bicyclic) bond motifs is 1. The van der Waals surface area contributed by atoms with Crippen molar-refractivity contribution in [3.05, 3.63) is 41.6 Å². The SMILES string of the molecule is CC(=O)NC[C@H](C)OC(=O)c1ccc2nc(C)ccc2c1. The van der Waals surface area contributed by atoms with Crippen LogP contribution in [0.4, 0.5) is 0 Å². The summed E-state index contributed by atoms with van der Waals surface area (Å²) in [4.78, 5) is 27.3. The number of benzene rings is 1. The summed E-state index contributed by atoms with van der Waals surface area (Å²) in [6.45, 7) is 5.38. The molecule has 0 fully saturated rings. The first kappa shape index (κ1) is 15.0. The predicted molar refractivity (Wildman–Crippen MR) is 80.0 cm³/mol. The minimum atomic E-state index is -0.407. The molecule has 0 radical (unpaired) electrons. The zero-order chi connectivity index (χ0) is 15.4. The lowest BCUT2D eigenvalue weighted by atomic mass is 10.1. The van der Waals surface area contributed by atoms with E-state index in [0.717, 1.165) is 16.6 Å². The molecule has 0 aliphatic carbocycles. The van der Waals surface area contributed by atoms with Crippen molar-refractivity contribution in [3.63, 3.8) is 0 Å². The van der Waals surface area contributed by atoms with Gasteiger partial charge in [0, 0.05) is 18.0 Å². The molecule has 5 nitrogen and oxygen atoms in total. The monoisotopic (exact) mass is 286 g/mol. The van der Waals surface area contributed by atoms with Gasteiger partial charge in [0.2, 0.25) is 5.91 Å². The molecule has 5 heteroatoms. The number of rotatable bonds is 4. The highest BCUT2D eigenvalue weighted by Crippen LogP contribution is 2.16. The Kier molecular flexibility index (Phi) is 4.52. The fourth-order valence-electron chi connectivity index (χ4n) is 1.93. The normalized spacial score (nSPS) is 12.0. The molecule has 21 heavy (non-hydrogen) atoms. The molecule has 1 heterocycles. The summed E-state index contributed by atoms with van der Waals surface area (Å²) in [7, 11) is 0. The largest absolute Gasteiger partial charge is 0.457 e. The molecule has 0 aliphatic heterocycles. The molecule has 0 saturated heterocycles.